The maximum Gasteiger partial charge on any atom is 0.293 e. The van der Waals surface area contributed by atoms with Crippen molar-refractivity contribution in [2.45, 2.75) is 36.3 Å². The highest BCUT2D eigenvalue weighted by Crippen LogP contribution is 2.50. The lowest BCUT2D eigenvalue weighted by Gasteiger charge is -2.39. The summed E-state index contributed by atoms with van der Waals surface area (Å²) in [6.07, 6.45) is 3.54. The fourth-order valence-corrected chi connectivity index (χ4v) is 6.27. The van der Waals surface area contributed by atoms with E-state index in [1.165, 1.54) is 6.07 Å². The van der Waals surface area contributed by atoms with E-state index in [-0.39, 0.29) is 28.6 Å². The van der Waals surface area contributed by atoms with Crippen LogP contribution in [0.4, 0.5) is 11.4 Å². The molecule has 2 heterocycles. The quantitative estimate of drug-likeness (QED) is 0.395. The lowest BCUT2D eigenvalue weighted by molar-refractivity contribution is -0.384. The van der Waals surface area contributed by atoms with Crippen molar-refractivity contribution in [3.8, 4) is 6.07 Å². The Labute approximate surface area is 188 Å². The van der Waals surface area contributed by atoms with Crippen molar-refractivity contribution >= 4 is 40.3 Å². The van der Waals surface area contributed by atoms with Crippen molar-refractivity contribution in [1.29, 1.82) is 5.26 Å². The number of nitro benzene ring substituents is 1. The molecule has 9 heteroatoms. The first-order chi connectivity index (χ1) is 14.9. The molecule has 1 aromatic carbocycles. The molecule has 0 saturated carbocycles. The summed E-state index contributed by atoms with van der Waals surface area (Å²) in [5, 5.41) is 21.8. The zero-order valence-electron chi connectivity index (χ0n) is 17.0. The monoisotopic (exact) mass is 452 g/mol. The highest BCUT2D eigenvalue weighted by Gasteiger charge is 2.42. The number of nitro groups is 1. The topological polar surface area (TPSA) is 113 Å². The van der Waals surface area contributed by atoms with Gasteiger partial charge in [-0.15, -0.1) is 23.1 Å². The van der Waals surface area contributed by atoms with Crippen LogP contribution >= 0.6 is 23.1 Å². The molecule has 2 aromatic rings. The van der Waals surface area contributed by atoms with Crippen molar-refractivity contribution in [2.75, 3.05) is 11.2 Å². The van der Waals surface area contributed by atoms with Gasteiger partial charge in [0.25, 0.3) is 5.69 Å². The van der Waals surface area contributed by atoms with Crippen LogP contribution in [-0.4, -0.2) is 17.0 Å². The molecule has 1 atom stereocenters. The second-order valence-electron chi connectivity index (χ2n) is 7.37. The number of benzene rings is 1. The summed E-state index contributed by atoms with van der Waals surface area (Å²) in [6, 6.07) is 10.5. The van der Waals surface area contributed by atoms with Crippen LogP contribution in [0.1, 0.15) is 35.6 Å². The zero-order valence-corrected chi connectivity index (χ0v) is 18.7. The summed E-state index contributed by atoms with van der Waals surface area (Å²) in [5.74, 6) is -0.448. The van der Waals surface area contributed by atoms with Gasteiger partial charge in [-0.1, -0.05) is 12.1 Å². The smallest absolute Gasteiger partial charge is 0.293 e. The Kier molecular flexibility index (Phi) is 5.60. The number of ketones is 1. The van der Waals surface area contributed by atoms with Crippen molar-refractivity contribution in [3.63, 3.8) is 0 Å². The molecule has 0 unspecified atom stereocenters. The predicted octanol–water partition coefficient (Wildman–Crippen LogP) is 4.99. The molecule has 4 rings (SSSR count). The molecule has 158 valence electrons. The standard InChI is InChI=1S/C22H20N4O3S2/c1-12-10-13(22(30-2)31-12)19-14(11-23)21(24)25(17-8-5-9-18(27)20(17)19)15-6-3-4-7-16(15)26(28)29/h3-4,6-7,10,19H,5,8-9,24H2,1-2H3/t19-/m0/s1. The number of carbonyl (C=O) groups excluding carboxylic acids is 1. The summed E-state index contributed by atoms with van der Waals surface area (Å²) in [4.78, 5) is 27.0. The molecule has 2 aliphatic rings. The number of thioether (sulfide) groups is 1. The van der Waals surface area contributed by atoms with Crippen LogP contribution < -0.4 is 10.6 Å². The number of hydrogen-bond donors (Lipinski definition) is 1. The molecule has 0 saturated heterocycles. The summed E-state index contributed by atoms with van der Waals surface area (Å²) in [6.45, 7) is 1.99. The fraction of sp³-hybridized carbons (Fsp3) is 0.273. The van der Waals surface area contributed by atoms with Crippen LogP contribution in [0, 0.1) is 28.4 Å². The van der Waals surface area contributed by atoms with E-state index in [4.69, 9.17) is 5.73 Å². The molecular formula is C22H20N4O3S2. The van der Waals surface area contributed by atoms with E-state index in [0.29, 0.717) is 30.5 Å². The highest BCUT2D eigenvalue weighted by atomic mass is 32.2. The third-order valence-corrected chi connectivity index (χ3v) is 7.79. The average molecular weight is 453 g/mol. The largest absolute Gasteiger partial charge is 0.384 e. The molecule has 0 spiro atoms. The Morgan fingerprint density at radius 1 is 1.35 bits per heavy atom. The van der Waals surface area contributed by atoms with E-state index < -0.39 is 10.8 Å². The first-order valence-electron chi connectivity index (χ1n) is 9.72. The number of aryl methyl sites for hydroxylation is 1. The lowest BCUT2D eigenvalue weighted by atomic mass is 9.76. The van der Waals surface area contributed by atoms with Crippen LogP contribution in [0.15, 0.2) is 57.2 Å². The number of Topliss-reactive ketones (excluding diaryl/α,β-unsaturated/α-hetero) is 1. The van der Waals surface area contributed by atoms with Gasteiger partial charge >= 0.3 is 0 Å². The Hall–Kier alpha value is -3.09. The van der Waals surface area contributed by atoms with Crippen LogP contribution in [-0.2, 0) is 4.79 Å². The molecule has 0 radical (unpaired) electrons. The van der Waals surface area contributed by atoms with Crippen molar-refractivity contribution in [1.82, 2.24) is 0 Å². The molecule has 0 amide bonds. The number of nitriles is 1. The number of para-hydroxylation sites is 2. The Balaban J connectivity index is 2.03. The van der Waals surface area contributed by atoms with E-state index in [0.717, 1.165) is 14.6 Å². The molecule has 1 aromatic heterocycles. The van der Waals surface area contributed by atoms with Gasteiger partial charge < -0.3 is 5.73 Å². The minimum absolute atomic E-state index is 0.0361. The first kappa shape index (κ1) is 21.2. The average Bonchev–Trinajstić information content (AvgIpc) is 3.13. The Bertz CT molecular complexity index is 1210. The van der Waals surface area contributed by atoms with Crippen LogP contribution in [0.5, 0.6) is 0 Å². The van der Waals surface area contributed by atoms with Gasteiger partial charge in [0.05, 0.1) is 26.7 Å². The molecule has 1 aliphatic carbocycles. The van der Waals surface area contributed by atoms with E-state index in [2.05, 4.69) is 6.07 Å². The maximum absolute atomic E-state index is 13.2. The van der Waals surface area contributed by atoms with Crippen LogP contribution in [0.3, 0.4) is 0 Å². The number of carbonyl (C=O) groups is 1. The molecule has 31 heavy (non-hydrogen) atoms. The molecule has 0 fully saturated rings. The number of hydrogen-bond acceptors (Lipinski definition) is 8. The Morgan fingerprint density at radius 3 is 2.77 bits per heavy atom. The number of nitrogens with two attached hydrogens (primary N) is 1. The van der Waals surface area contributed by atoms with Crippen molar-refractivity contribution < 1.29 is 9.72 Å². The number of anilines is 1. The van der Waals surface area contributed by atoms with Gasteiger partial charge in [0, 0.05) is 28.6 Å². The second-order valence-corrected chi connectivity index (χ2v) is 9.70. The third-order valence-electron chi connectivity index (χ3n) is 5.58. The van der Waals surface area contributed by atoms with Gasteiger partial charge in [0.15, 0.2) is 5.78 Å². The number of rotatable bonds is 4. The van der Waals surface area contributed by atoms with E-state index in [1.807, 2.05) is 19.2 Å². The van der Waals surface area contributed by atoms with Gasteiger partial charge in [-0.05, 0) is 43.7 Å². The minimum Gasteiger partial charge on any atom is -0.384 e. The van der Waals surface area contributed by atoms with Gasteiger partial charge in [-0.2, -0.15) is 5.26 Å². The van der Waals surface area contributed by atoms with Crippen LogP contribution in [0.2, 0.25) is 0 Å². The van der Waals surface area contributed by atoms with E-state index in [1.54, 1.807) is 46.2 Å². The third kappa shape index (κ3) is 3.42. The van der Waals surface area contributed by atoms with Crippen LogP contribution in [0.25, 0.3) is 0 Å². The van der Waals surface area contributed by atoms with Gasteiger partial charge in [0.1, 0.15) is 11.5 Å². The summed E-state index contributed by atoms with van der Waals surface area (Å²) >= 11 is 3.20. The second kappa shape index (κ2) is 8.21. The minimum atomic E-state index is -0.556. The molecule has 7 nitrogen and oxygen atoms in total. The lowest BCUT2D eigenvalue weighted by Crippen LogP contribution is -2.39. The SMILES string of the molecule is CSc1sc(C)cc1[C@H]1C(C#N)=C(N)N(c2ccccc2[N+](=O)[O-])C2=C1C(=O)CCC2. The fourth-order valence-electron chi connectivity index (χ4n) is 4.35. The molecule has 2 N–H and O–H groups in total. The predicted molar refractivity (Wildman–Crippen MR) is 122 cm³/mol. The van der Waals surface area contributed by atoms with Gasteiger partial charge in [-0.3, -0.25) is 19.8 Å². The number of thiophene rings is 1. The molecular weight excluding hydrogens is 432 g/mol. The van der Waals surface area contributed by atoms with Crippen molar-refractivity contribution in [2.24, 2.45) is 5.73 Å². The Morgan fingerprint density at radius 2 is 2.10 bits per heavy atom. The van der Waals surface area contributed by atoms with Gasteiger partial charge in [0.2, 0.25) is 0 Å². The van der Waals surface area contributed by atoms with E-state index in [9.17, 15) is 20.2 Å². The molecule has 0 bridgehead atoms. The summed E-state index contributed by atoms with van der Waals surface area (Å²) in [5.41, 5.74) is 9.01. The van der Waals surface area contributed by atoms with E-state index >= 15 is 0 Å². The van der Waals surface area contributed by atoms with Crippen molar-refractivity contribution in [3.05, 3.63) is 73.6 Å². The number of nitrogens with zero attached hydrogens (tertiary/aromatic N) is 3. The maximum atomic E-state index is 13.2. The summed E-state index contributed by atoms with van der Waals surface area (Å²) in [7, 11) is 0. The normalized spacial score (nSPS) is 18.8. The highest BCUT2D eigenvalue weighted by molar-refractivity contribution is 8.00. The number of allylic oxidation sites excluding steroid dienone is 3. The first-order valence-corrected chi connectivity index (χ1v) is 11.8. The summed E-state index contributed by atoms with van der Waals surface area (Å²) < 4.78 is 1.03. The van der Waals surface area contributed by atoms with Gasteiger partial charge in [-0.25, -0.2) is 0 Å². The molecule has 1 aliphatic heterocycles. The zero-order chi connectivity index (χ0) is 22.3.